The monoisotopic (exact) mass is 277 g/mol. The van der Waals surface area contributed by atoms with Gasteiger partial charge in [-0.2, -0.15) is 0 Å². The first-order valence-corrected chi connectivity index (χ1v) is 7.83. The average molecular weight is 277 g/mol. The largest absolute Gasteiger partial charge is 0.384 e. The molecule has 0 amide bonds. The van der Waals surface area contributed by atoms with Gasteiger partial charge in [0.1, 0.15) is 0 Å². The van der Waals surface area contributed by atoms with E-state index in [1.54, 1.807) is 0 Å². The zero-order valence-electron chi connectivity index (χ0n) is 12.1. The van der Waals surface area contributed by atoms with Crippen molar-refractivity contribution in [2.45, 2.75) is 31.6 Å². The third-order valence-electron chi connectivity index (χ3n) is 4.80. The number of ketones is 1. The molecule has 4 rings (SSSR count). The second-order valence-electron chi connectivity index (χ2n) is 6.13. The first-order chi connectivity index (χ1) is 10.3. The van der Waals surface area contributed by atoms with Crippen LogP contribution < -0.4 is 5.32 Å². The lowest BCUT2D eigenvalue weighted by molar-refractivity contribution is 0.103. The van der Waals surface area contributed by atoms with Crippen molar-refractivity contribution in [3.05, 3.63) is 64.7 Å². The number of benzene rings is 2. The predicted molar refractivity (Wildman–Crippen MR) is 85.1 cm³/mol. The van der Waals surface area contributed by atoms with Gasteiger partial charge in [-0.3, -0.25) is 4.79 Å². The summed E-state index contributed by atoms with van der Waals surface area (Å²) in [5.41, 5.74) is 5.40. The lowest BCUT2D eigenvalue weighted by atomic mass is 9.79. The van der Waals surface area contributed by atoms with Crippen LogP contribution in [0.4, 0.5) is 5.69 Å². The van der Waals surface area contributed by atoms with E-state index in [2.05, 4.69) is 17.4 Å². The van der Waals surface area contributed by atoms with E-state index in [9.17, 15) is 4.79 Å². The summed E-state index contributed by atoms with van der Waals surface area (Å²) < 4.78 is 0. The fraction of sp³-hybridized carbons (Fsp3) is 0.316. The number of nitrogens with one attached hydrogen (secondary N) is 1. The van der Waals surface area contributed by atoms with Crippen LogP contribution in [0.5, 0.6) is 0 Å². The van der Waals surface area contributed by atoms with E-state index in [1.165, 1.54) is 36.1 Å². The first-order valence-electron chi connectivity index (χ1n) is 7.83. The van der Waals surface area contributed by atoms with E-state index in [-0.39, 0.29) is 5.78 Å². The van der Waals surface area contributed by atoms with Gasteiger partial charge in [0.05, 0.1) is 0 Å². The molecule has 2 heteroatoms. The van der Waals surface area contributed by atoms with E-state index >= 15 is 0 Å². The van der Waals surface area contributed by atoms with Gasteiger partial charge in [-0.1, -0.05) is 24.6 Å². The molecule has 2 aromatic carbocycles. The maximum absolute atomic E-state index is 12.7. The van der Waals surface area contributed by atoms with Crippen LogP contribution in [0.25, 0.3) is 0 Å². The highest BCUT2D eigenvalue weighted by Gasteiger charge is 2.21. The molecule has 1 heterocycles. The first kappa shape index (κ1) is 12.6. The molecule has 1 saturated carbocycles. The van der Waals surface area contributed by atoms with Gasteiger partial charge in [-0.15, -0.1) is 0 Å². The molecule has 2 nitrogen and oxygen atoms in total. The maximum Gasteiger partial charge on any atom is 0.193 e. The third kappa shape index (κ3) is 2.25. The number of hydrogen-bond acceptors (Lipinski definition) is 2. The Morgan fingerprint density at radius 2 is 1.90 bits per heavy atom. The molecule has 0 spiro atoms. The molecule has 0 atom stereocenters. The van der Waals surface area contributed by atoms with Crippen molar-refractivity contribution in [3.63, 3.8) is 0 Å². The SMILES string of the molecule is O=C(c1cccc(C2CCC2)c1)c1ccc2c(c1)CCN2. The maximum atomic E-state index is 12.7. The average Bonchev–Trinajstić information content (AvgIpc) is 2.92. The Morgan fingerprint density at radius 1 is 1.05 bits per heavy atom. The Hall–Kier alpha value is -2.09. The van der Waals surface area contributed by atoms with Crippen molar-refractivity contribution in [1.29, 1.82) is 0 Å². The number of hydrogen-bond donors (Lipinski definition) is 1. The van der Waals surface area contributed by atoms with Crippen molar-refractivity contribution in [2.75, 3.05) is 11.9 Å². The molecule has 0 unspecified atom stereocenters. The summed E-state index contributed by atoms with van der Waals surface area (Å²) in [6, 6.07) is 14.2. The Bertz CT molecular complexity index is 700. The predicted octanol–water partition coefficient (Wildman–Crippen LogP) is 4.15. The Labute approximate surface area is 125 Å². The molecule has 1 aliphatic carbocycles. The molecule has 21 heavy (non-hydrogen) atoms. The van der Waals surface area contributed by atoms with Crippen LogP contribution in [0, 0.1) is 0 Å². The van der Waals surface area contributed by atoms with Crippen LogP contribution in [0.1, 0.15) is 52.2 Å². The fourth-order valence-corrected chi connectivity index (χ4v) is 3.29. The number of fused-ring (bicyclic) bond motifs is 1. The van der Waals surface area contributed by atoms with Crippen molar-refractivity contribution in [2.24, 2.45) is 0 Å². The summed E-state index contributed by atoms with van der Waals surface area (Å²) in [4.78, 5) is 12.7. The summed E-state index contributed by atoms with van der Waals surface area (Å²) in [7, 11) is 0. The molecule has 0 radical (unpaired) electrons. The zero-order valence-corrected chi connectivity index (χ0v) is 12.1. The van der Waals surface area contributed by atoms with Crippen LogP contribution >= 0.6 is 0 Å². The van der Waals surface area contributed by atoms with Gasteiger partial charge < -0.3 is 5.32 Å². The highest BCUT2D eigenvalue weighted by molar-refractivity contribution is 6.09. The molecule has 2 aliphatic rings. The van der Waals surface area contributed by atoms with Crippen LogP contribution in [0.2, 0.25) is 0 Å². The third-order valence-corrected chi connectivity index (χ3v) is 4.80. The number of carbonyl (C=O) groups excluding carboxylic acids is 1. The van der Waals surface area contributed by atoms with E-state index < -0.39 is 0 Å². The van der Waals surface area contributed by atoms with Crippen molar-refractivity contribution < 1.29 is 4.79 Å². The van der Waals surface area contributed by atoms with Gasteiger partial charge in [0.15, 0.2) is 5.78 Å². The van der Waals surface area contributed by atoms with E-state index in [0.29, 0.717) is 5.92 Å². The van der Waals surface area contributed by atoms with Gasteiger partial charge in [-0.05, 0) is 60.6 Å². The normalized spacial score (nSPS) is 17.0. The Kier molecular flexibility index (Phi) is 3.03. The van der Waals surface area contributed by atoms with Gasteiger partial charge in [0.25, 0.3) is 0 Å². The summed E-state index contributed by atoms with van der Waals surface area (Å²) >= 11 is 0. The zero-order chi connectivity index (χ0) is 14.2. The standard InChI is InChI=1S/C19H19NO/c21-19(17-7-8-18-15(12-17)9-10-20-18)16-6-2-5-14(11-16)13-3-1-4-13/h2,5-8,11-13,20H,1,3-4,9-10H2. The molecule has 0 bridgehead atoms. The van der Waals surface area contributed by atoms with Crippen LogP contribution in [-0.2, 0) is 6.42 Å². The summed E-state index contributed by atoms with van der Waals surface area (Å²) in [5.74, 6) is 0.813. The quantitative estimate of drug-likeness (QED) is 0.854. The second-order valence-corrected chi connectivity index (χ2v) is 6.13. The lowest BCUT2D eigenvalue weighted by Crippen LogP contribution is -2.10. The minimum absolute atomic E-state index is 0.144. The van der Waals surface area contributed by atoms with E-state index in [4.69, 9.17) is 0 Å². The van der Waals surface area contributed by atoms with Gasteiger partial charge in [0, 0.05) is 23.4 Å². The molecule has 1 fully saturated rings. The van der Waals surface area contributed by atoms with Gasteiger partial charge in [-0.25, -0.2) is 0 Å². The van der Waals surface area contributed by atoms with Gasteiger partial charge in [0.2, 0.25) is 0 Å². The highest BCUT2D eigenvalue weighted by Crippen LogP contribution is 2.36. The molecular weight excluding hydrogens is 258 g/mol. The molecular formula is C19H19NO. The summed E-state index contributed by atoms with van der Waals surface area (Å²) in [5, 5.41) is 3.33. The summed E-state index contributed by atoms with van der Waals surface area (Å²) in [6.07, 6.45) is 4.86. The van der Waals surface area contributed by atoms with Crippen LogP contribution in [-0.4, -0.2) is 12.3 Å². The van der Waals surface area contributed by atoms with Crippen molar-refractivity contribution in [3.8, 4) is 0 Å². The van der Waals surface area contributed by atoms with Crippen LogP contribution in [0.15, 0.2) is 42.5 Å². The highest BCUT2D eigenvalue weighted by atomic mass is 16.1. The van der Waals surface area contributed by atoms with Crippen molar-refractivity contribution >= 4 is 11.5 Å². The smallest absolute Gasteiger partial charge is 0.193 e. The molecule has 0 aromatic heterocycles. The Balaban J connectivity index is 1.65. The van der Waals surface area contributed by atoms with E-state index in [0.717, 1.165) is 24.1 Å². The molecule has 1 N–H and O–H groups in total. The topological polar surface area (TPSA) is 29.1 Å². The number of anilines is 1. The number of rotatable bonds is 3. The Morgan fingerprint density at radius 3 is 2.71 bits per heavy atom. The molecule has 2 aromatic rings. The fourth-order valence-electron chi connectivity index (χ4n) is 3.29. The van der Waals surface area contributed by atoms with Gasteiger partial charge >= 0.3 is 0 Å². The second kappa shape index (κ2) is 5.03. The van der Waals surface area contributed by atoms with E-state index in [1.807, 2.05) is 30.3 Å². The molecule has 106 valence electrons. The minimum atomic E-state index is 0.144. The van der Waals surface area contributed by atoms with Crippen LogP contribution in [0.3, 0.4) is 0 Å². The van der Waals surface area contributed by atoms with Crippen molar-refractivity contribution in [1.82, 2.24) is 0 Å². The minimum Gasteiger partial charge on any atom is -0.384 e. The molecule has 0 saturated heterocycles. The number of carbonyl (C=O) groups is 1. The molecule has 1 aliphatic heterocycles. The lowest BCUT2D eigenvalue weighted by Gasteiger charge is -2.26. The summed E-state index contributed by atoms with van der Waals surface area (Å²) in [6.45, 7) is 0.976.